The zero-order valence-corrected chi connectivity index (χ0v) is 11.4. The summed E-state index contributed by atoms with van der Waals surface area (Å²) in [5.74, 6) is -1.10. The minimum Gasteiger partial charge on any atom is -0.330 e. The van der Waals surface area contributed by atoms with Crippen molar-refractivity contribution in [3.8, 4) is 11.4 Å². The number of benzene rings is 2. The van der Waals surface area contributed by atoms with E-state index in [4.69, 9.17) is 5.73 Å². The maximum Gasteiger partial charge on any atom is 0.159 e. The lowest BCUT2D eigenvalue weighted by Gasteiger charge is -2.08. The number of halogens is 2. The van der Waals surface area contributed by atoms with Crippen LogP contribution in [0.1, 0.15) is 6.42 Å². The van der Waals surface area contributed by atoms with E-state index < -0.39 is 11.6 Å². The quantitative estimate of drug-likeness (QED) is 0.800. The number of rotatable bonds is 4. The Morgan fingerprint density at radius 1 is 1.05 bits per heavy atom. The van der Waals surface area contributed by atoms with Crippen molar-refractivity contribution in [2.24, 2.45) is 5.73 Å². The summed E-state index contributed by atoms with van der Waals surface area (Å²) >= 11 is 0. The summed E-state index contributed by atoms with van der Waals surface area (Å²) in [7, 11) is 0. The van der Waals surface area contributed by atoms with E-state index >= 15 is 0 Å². The molecule has 0 atom stereocenters. The van der Waals surface area contributed by atoms with Crippen LogP contribution in [-0.4, -0.2) is 16.1 Å². The predicted octanol–water partition coefficient (Wildman–Crippen LogP) is 3.33. The first-order valence-electron chi connectivity index (χ1n) is 6.81. The maximum absolute atomic E-state index is 13.5. The molecule has 1 aromatic heterocycles. The number of hydrogen-bond donors (Lipinski definition) is 1. The molecule has 0 aliphatic rings. The highest BCUT2D eigenvalue weighted by Crippen LogP contribution is 2.26. The molecular weight excluding hydrogens is 272 g/mol. The lowest BCUT2D eigenvalue weighted by molar-refractivity contribution is 0.509. The standard InChI is InChI=1S/C16H15F2N3/c17-12-7-6-11(10-13(12)18)16-20-14-4-1-2-5-15(14)21(16)9-3-8-19/h1-2,4-7,10H,3,8-9,19H2. The molecule has 1 heterocycles. The molecule has 0 spiro atoms. The SMILES string of the molecule is NCCCn1c(-c2ccc(F)c(F)c2)nc2ccccc21. The lowest BCUT2D eigenvalue weighted by atomic mass is 10.2. The minimum atomic E-state index is -0.870. The van der Waals surface area contributed by atoms with Gasteiger partial charge in [0.25, 0.3) is 0 Å². The van der Waals surface area contributed by atoms with Crippen LogP contribution in [-0.2, 0) is 6.54 Å². The summed E-state index contributed by atoms with van der Waals surface area (Å²) in [6.45, 7) is 1.25. The van der Waals surface area contributed by atoms with Crippen LogP contribution in [0, 0.1) is 11.6 Å². The van der Waals surface area contributed by atoms with Crippen LogP contribution in [0.4, 0.5) is 8.78 Å². The predicted molar refractivity (Wildman–Crippen MR) is 78.8 cm³/mol. The molecule has 2 N–H and O–H groups in total. The van der Waals surface area contributed by atoms with Gasteiger partial charge in [-0.15, -0.1) is 0 Å². The average Bonchev–Trinajstić information content (AvgIpc) is 2.86. The van der Waals surface area contributed by atoms with Crippen LogP contribution in [0.15, 0.2) is 42.5 Å². The highest BCUT2D eigenvalue weighted by molar-refractivity contribution is 5.80. The van der Waals surface area contributed by atoms with Crippen molar-refractivity contribution in [3.63, 3.8) is 0 Å². The second-order valence-electron chi connectivity index (χ2n) is 4.85. The van der Waals surface area contributed by atoms with E-state index in [2.05, 4.69) is 4.98 Å². The number of nitrogens with two attached hydrogens (primary N) is 1. The molecule has 3 aromatic rings. The number of imidazole rings is 1. The number of nitrogens with zero attached hydrogens (tertiary/aromatic N) is 2. The van der Waals surface area contributed by atoms with Gasteiger partial charge < -0.3 is 10.3 Å². The molecule has 0 saturated carbocycles. The van der Waals surface area contributed by atoms with Gasteiger partial charge in [-0.2, -0.15) is 0 Å². The Morgan fingerprint density at radius 2 is 1.86 bits per heavy atom. The Kier molecular flexibility index (Phi) is 3.66. The van der Waals surface area contributed by atoms with Crippen molar-refractivity contribution in [3.05, 3.63) is 54.1 Å². The van der Waals surface area contributed by atoms with Gasteiger partial charge in [0.2, 0.25) is 0 Å². The van der Waals surface area contributed by atoms with Crippen LogP contribution in [0.5, 0.6) is 0 Å². The Morgan fingerprint density at radius 3 is 2.62 bits per heavy atom. The van der Waals surface area contributed by atoms with Gasteiger partial charge >= 0.3 is 0 Å². The zero-order chi connectivity index (χ0) is 14.8. The van der Waals surface area contributed by atoms with E-state index in [-0.39, 0.29) is 0 Å². The first kappa shape index (κ1) is 13.7. The summed E-state index contributed by atoms with van der Waals surface area (Å²) in [5.41, 5.74) is 7.93. The summed E-state index contributed by atoms with van der Waals surface area (Å²) in [5, 5.41) is 0. The molecular formula is C16H15F2N3. The van der Waals surface area contributed by atoms with Crippen molar-refractivity contribution in [2.75, 3.05) is 6.54 Å². The summed E-state index contributed by atoms with van der Waals surface area (Å²) < 4.78 is 28.6. The summed E-state index contributed by atoms with van der Waals surface area (Å²) in [6.07, 6.45) is 0.789. The highest BCUT2D eigenvalue weighted by atomic mass is 19.2. The number of fused-ring (bicyclic) bond motifs is 1. The van der Waals surface area contributed by atoms with Crippen LogP contribution in [0.25, 0.3) is 22.4 Å². The molecule has 0 amide bonds. The first-order valence-corrected chi connectivity index (χ1v) is 6.81. The van der Waals surface area contributed by atoms with Crippen molar-refractivity contribution in [1.82, 2.24) is 9.55 Å². The summed E-state index contributed by atoms with van der Waals surface area (Å²) in [4.78, 5) is 4.54. The maximum atomic E-state index is 13.5. The van der Waals surface area contributed by atoms with Crippen molar-refractivity contribution in [2.45, 2.75) is 13.0 Å². The topological polar surface area (TPSA) is 43.8 Å². The average molecular weight is 287 g/mol. The van der Waals surface area contributed by atoms with Crippen LogP contribution in [0.3, 0.4) is 0 Å². The molecule has 0 unspecified atom stereocenters. The molecule has 0 fully saturated rings. The Balaban J connectivity index is 2.17. The highest BCUT2D eigenvalue weighted by Gasteiger charge is 2.13. The number of para-hydroxylation sites is 2. The van der Waals surface area contributed by atoms with Crippen molar-refractivity contribution >= 4 is 11.0 Å². The van der Waals surface area contributed by atoms with Crippen LogP contribution in [0.2, 0.25) is 0 Å². The molecule has 21 heavy (non-hydrogen) atoms. The van der Waals surface area contributed by atoms with Gasteiger partial charge in [0, 0.05) is 12.1 Å². The fraction of sp³-hybridized carbons (Fsp3) is 0.188. The van der Waals surface area contributed by atoms with E-state index in [1.807, 2.05) is 28.8 Å². The lowest BCUT2D eigenvalue weighted by Crippen LogP contribution is -2.07. The van der Waals surface area contributed by atoms with Gasteiger partial charge in [-0.25, -0.2) is 13.8 Å². The van der Waals surface area contributed by atoms with Gasteiger partial charge in [0.05, 0.1) is 11.0 Å². The van der Waals surface area contributed by atoms with E-state index in [1.165, 1.54) is 6.07 Å². The van der Waals surface area contributed by atoms with E-state index in [0.717, 1.165) is 23.5 Å². The van der Waals surface area contributed by atoms with Gasteiger partial charge in [-0.3, -0.25) is 0 Å². The Bertz CT molecular complexity index is 780. The molecule has 108 valence electrons. The molecule has 0 radical (unpaired) electrons. The molecule has 0 aliphatic heterocycles. The molecule has 3 rings (SSSR count). The van der Waals surface area contributed by atoms with Gasteiger partial charge in [0.15, 0.2) is 11.6 Å². The summed E-state index contributed by atoms with van der Waals surface area (Å²) in [6, 6.07) is 11.5. The smallest absolute Gasteiger partial charge is 0.159 e. The third-order valence-corrected chi connectivity index (χ3v) is 3.42. The third-order valence-electron chi connectivity index (χ3n) is 3.42. The molecule has 0 saturated heterocycles. The normalized spacial score (nSPS) is 11.2. The Labute approximate surface area is 121 Å². The van der Waals surface area contributed by atoms with Gasteiger partial charge in [-0.05, 0) is 43.3 Å². The number of aryl methyl sites for hydroxylation is 1. The second-order valence-corrected chi connectivity index (χ2v) is 4.85. The Hall–Kier alpha value is -2.27. The van der Waals surface area contributed by atoms with Gasteiger partial charge in [0.1, 0.15) is 5.82 Å². The second kappa shape index (κ2) is 5.61. The molecule has 0 bridgehead atoms. The number of aromatic nitrogens is 2. The van der Waals surface area contributed by atoms with Crippen molar-refractivity contribution < 1.29 is 8.78 Å². The fourth-order valence-corrected chi connectivity index (χ4v) is 2.41. The largest absolute Gasteiger partial charge is 0.330 e. The number of hydrogen-bond acceptors (Lipinski definition) is 2. The molecule has 2 aromatic carbocycles. The zero-order valence-electron chi connectivity index (χ0n) is 11.4. The fourth-order valence-electron chi connectivity index (χ4n) is 2.41. The first-order chi connectivity index (χ1) is 10.2. The minimum absolute atomic E-state index is 0.558. The van der Waals surface area contributed by atoms with Gasteiger partial charge in [-0.1, -0.05) is 12.1 Å². The van der Waals surface area contributed by atoms with Crippen LogP contribution >= 0.6 is 0 Å². The molecule has 0 aliphatic carbocycles. The van der Waals surface area contributed by atoms with Crippen molar-refractivity contribution in [1.29, 1.82) is 0 Å². The van der Waals surface area contributed by atoms with E-state index in [0.29, 0.717) is 24.5 Å². The van der Waals surface area contributed by atoms with E-state index in [9.17, 15) is 8.78 Å². The third kappa shape index (κ3) is 2.52. The van der Waals surface area contributed by atoms with E-state index in [1.54, 1.807) is 6.07 Å². The molecule has 5 heteroatoms. The molecule has 3 nitrogen and oxygen atoms in total. The monoisotopic (exact) mass is 287 g/mol. The van der Waals surface area contributed by atoms with Crippen LogP contribution < -0.4 is 5.73 Å².